The van der Waals surface area contributed by atoms with Crippen molar-refractivity contribution in [2.24, 2.45) is 4.99 Å². The van der Waals surface area contributed by atoms with Gasteiger partial charge in [0.15, 0.2) is 5.96 Å². The first-order valence-electron chi connectivity index (χ1n) is 8.72. The largest absolute Gasteiger partial charge is 0.492 e. The first-order valence-corrected chi connectivity index (χ1v) is 9.77. The lowest BCUT2D eigenvalue weighted by atomic mass is 9.79. The Hall–Kier alpha value is -0.670. The molecule has 1 aromatic carbocycles. The molecule has 2 unspecified atom stereocenters. The molecule has 1 aromatic rings. The molecule has 3 N–H and O–H groups in total. The van der Waals surface area contributed by atoms with Crippen LogP contribution in [0.1, 0.15) is 26.7 Å². The van der Waals surface area contributed by atoms with Gasteiger partial charge in [-0.1, -0.05) is 25.1 Å². The summed E-state index contributed by atoms with van der Waals surface area (Å²) in [6.45, 7) is 6.62. The molecule has 142 valence electrons. The third kappa shape index (κ3) is 7.22. The van der Waals surface area contributed by atoms with E-state index in [0.717, 1.165) is 36.8 Å². The highest BCUT2D eigenvalue weighted by molar-refractivity contribution is 14.0. The Morgan fingerprint density at radius 1 is 1.32 bits per heavy atom. The number of thioether (sulfide) groups is 1. The molecule has 0 aliphatic heterocycles. The summed E-state index contributed by atoms with van der Waals surface area (Å²) < 4.78 is 5.66. The molecule has 0 heterocycles. The van der Waals surface area contributed by atoms with Gasteiger partial charge in [0.2, 0.25) is 0 Å². The molecule has 0 amide bonds. The van der Waals surface area contributed by atoms with Gasteiger partial charge in [0.25, 0.3) is 0 Å². The second-order valence-electron chi connectivity index (χ2n) is 5.87. The number of halogens is 1. The zero-order valence-electron chi connectivity index (χ0n) is 15.0. The van der Waals surface area contributed by atoms with Gasteiger partial charge in [-0.15, -0.1) is 24.0 Å². The van der Waals surface area contributed by atoms with E-state index in [2.05, 4.69) is 22.5 Å². The van der Waals surface area contributed by atoms with Crippen LogP contribution in [0.2, 0.25) is 0 Å². The third-order valence-electron chi connectivity index (χ3n) is 4.07. The molecular formula is C18H30IN3O2S. The standard InChI is InChI=1S/C18H29N3O2S.HI/c1-3-19-17(20-12-13-23-15-8-6-5-7-9-15)21-14-18(22)11-10-16(18)24-4-2;/h5-9,16,22H,3-4,10-14H2,1-2H3,(H2,19,20,21);1H. The van der Waals surface area contributed by atoms with Crippen LogP contribution in [0.15, 0.2) is 35.3 Å². The minimum absolute atomic E-state index is 0. The monoisotopic (exact) mass is 479 g/mol. The maximum absolute atomic E-state index is 10.6. The van der Waals surface area contributed by atoms with Gasteiger partial charge in [-0.3, -0.25) is 4.99 Å². The van der Waals surface area contributed by atoms with Gasteiger partial charge in [-0.25, -0.2) is 0 Å². The summed E-state index contributed by atoms with van der Waals surface area (Å²) in [7, 11) is 0. The van der Waals surface area contributed by atoms with Crippen molar-refractivity contribution in [2.75, 3.05) is 32.0 Å². The zero-order valence-corrected chi connectivity index (χ0v) is 18.2. The van der Waals surface area contributed by atoms with Crippen LogP contribution in [0.5, 0.6) is 5.75 Å². The van der Waals surface area contributed by atoms with Gasteiger partial charge in [0.05, 0.1) is 18.7 Å². The van der Waals surface area contributed by atoms with E-state index in [1.807, 2.05) is 49.0 Å². The van der Waals surface area contributed by atoms with Crippen LogP contribution in [0, 0.1) is 0 Å². The number of rotatable bonds is 9. The molecule has 1 saturated carbocycles. The Bertz CT molecular complexity index is 518. The minimum atomic E-state index is -0.649. The average molecular weight is 479 g/mol. The lowest BCUT2D eigenvalue weighted by Gasteiger charge is -2.44. The van der Waals surface area contributed by atoms with Crippen molar-refractivity contribution < 1.29 is 9.84 Å². The highest BCUT2D eigenvalue weighted by Gasteiger charge is 2.45. The predicted octanol–water partition coefficient (Wildman–Crippen LogP) is 2.89. The van der Waals surface area contributed by atoms with Crippen LogP contribution >= 0.6 is 35.7 Å². The van der Waals surface area contributed by atoms with Crippen molar-refractivity contribution in [2.45, 2.75) is 37.5 Å². The molecule has 0 aromatic heterocycles. The number of nitrogens with one attached hydrogen (secondary N) is 2. The zero-order chi connectivity index (χ0) is 17.3. The Kier molecular flexibility index (Phi) is 10.6. The number of hydrogen-bond acceptors (Lipinski definition) is 4. The maximum atomic E-state index is 10.6. The Balaban J connectivity index is 0.00000312. The van der Waals surface area contributed by atoms with Crippen LogP contribution in [0.25, 0.3) is 0 Å². The summed E-state index contributed by atoms with van der Waals surface area (Å²) in [5.41, 5.74) is -0.649. The van der Waals surface area contributed by atoms with Gasteiger partial charge in [0, 0.05) is 11.8 Å². The fraction of sp³-hybridized carbons (Fsp3) is 0.611. The third-order valence-corrected chi connectivity index (χ3v) is 5.48. The van der Waals surface area contributed by atoms with Crippen molar-refractivity contribution in [1.82, 2.24) is 10.6 Å². The summed E-state index contributed by atoms with van der Waals surface area (Å²) in [6.07, 6.45) is 1.92. The first kappa shape index (κ1) is 22.4. The molecule has 25 heavy (non-hydrogen) atoms. The van der Waals surface area contributed by atoms with Crippen molar-refractivity contribution in [3.05, 3.63) is 30.3 Å². The smallest absolute Gasteiger partial charge is 0.191 e. The summed E-state index contributed by atoms with van der Waals surface area (Å²) in [5.74, 6) is 2.63. The molecule has 1 fully saturated rings. The molecule has 5 nitrogen and oxygen atoms in total. The van der Waals surface area contributed by atoms with E-state index in [4.69, 9.17) is 4.74 Å². The first-order chi connectivity index (χ1) is 11.7. The van der Waals surface area contributed by atoms with E-state index in [9.17, 15) is 5.11 Å². The number of nitrogens with zero attached hydrogens (tertiary/aromatic N) is 1. The highest BCUT2D eigenvalue weighted by atomic mass is 127. The summed E-state index contributed by atoms with van der Waals surface area (Å²) >= 11 is 1.83. The molecule has 2 atom stereocenters. The second-order valence-corrected chi connectivity index (χ2v) is 7.35. The second kappa shape index (κ2) is 11.9. The lowest BCUT2D eigenvalue weighted by Crippen LogP contribution is -2.53. The maximum Gasteiger partial charge on any atom is 0.191 e. The SMILES string of the molecule is CCNC(=NCC1(O)CCC1SCC)NCCOc1ccccc1.I. The van der Waals surface area contributed by atoms with Crippen LogP contribution in [-0.4, -0.2) is 53.9 Å². The van der Waals surface area contributed by atoms with Crippen molar-refractivity contribution in [3.8, 4) is 5.75 Å². The summed E-state index contributed by atoms with van der Waals surface area (Å²) in [5, 5.41) is 17.4. The average Bonchev–Trinajstić information content (AvgIpc) is 2.60. The van der Waals surface area contributed by atoms with E-state index in [-0.39, 0.29) is 24.0 Å². The van der Waals surface area contributed by atoms with E-state index < -0.39 is 5.60 Å². The number of benzene rings is 1. The van der Waals surface area contributed by atoms with Gasteiger partial charge in [-0.2, -0.15) is 11.8 Å². The van der Waals surface area contributed by atoms with Crippen LogP contribution < -0.4 is 15.4 Å². The Morgan fingerprint density at radius 3 is 2.68 bits per heavy atom. The Labute approximate surface area is 172 Å². The van der Waals surface area contributed by atoms with Gasteiger partial charge in [0.1, 0.15) is 12.4 Å². The normalized spacial score (nSPS) is 22.5. The lowest BCUT2D eigenvalue weighted by molar-refractivity contribution is -0.0154. The molecule has 0 bridgehead atoms. The molecular weight excluding hydrogens is 449 g/mol. The van der Waals surface area contributed by atoms with Crippen molar-refractivity contribution in [3.63, 3.8) is 0 Å². The van der Waals surface area contributed by atoms with Crippen molar-refractivity contribution >= 4 is 41.7 Å². The minimum Gasteiger partial charge on any atom is -0.492 e. The van der Waals surface area contributed by atoms with Gasteiger partial charge >= 0.3 is 0 Å². The van der Waals surface area contributed by atoms with Crippen LogP contribution in [0.3, 0.4) is 0 Å². The van der Waals surface area contributed by atoms with Gasteiger partial charge in [-0.05, 0) is 37.7 Å². The number of aliphatic hydroxyl groups is 1. The van der Waals surface area contributed by atoms with Gasteiger partial charge < -0.3 is 20.5 Å². The predicted molar refractivity (Wildman–Crippen MR) is 117 cm³/mol. The molecule has 1 aliphatic rings. The van der Waals surface area contributed by atoms with Crippen LogP contribution in [-0.2, 0) is 0 Å². The van der Waals surface area contributed by atoms with E-state index >= 15 is 0 Å². The quantitative estimate of drug-likeness (QED) is 0.220. The molecule has 7 heteroatoms. The number of ether oxygens (including phenoxy) is 1. The molecule has 0 saturated heterocycles. The fourth-order valence-corrected chi connectivity index (χ4v) is 3.82. The number of guanidine groups is 1. The number of hydrogen-bond donors (Lipinski definition) is 3. The van der Waals surface area contributed by atoms with E-state index in [0.29, 0.717) is 24.9 Å². The fourth-order valence-electron chi connectivity index (χ4n) is 2.63. The van der Waals surface area contributed by atoms with E-state index in [1.165, 1.54) is 0 Å². The van der Waals surface area contributed by atoms with E-state index in [1.54, 1.807) is 0 Å². The Morgan fingerprint density at radius 2 is 2.08 bits per heavy atom. The molecule has 0 radical (unpaired) electrons. The molecule has 0 spiro atoms. The topological polar surface area (TPSA) is 65.9 Å². The van der Waals surface area contributed by atoms with Crippen LogP contribution in [0.4, 0.5) is 0 Å². The molecule has 2 rings (SSSR count). The summed E-state index contributed by atoms with van der Waals surface area (Å²) in [4.78, 5) is 4.56. The molecule has 1 aliphatic carbocycles. The number of para-hydroxylation sites is 1. The number of aliphatic imine (C=N–C) groups is 1. The van der Waals surface area contributed by atoms with Crippen molar-refractivity contribution in [1.29, 1.82) is 0 Å². The summed E-state index contributed by atoms with van der Waals surface area (Å²) in [6, 6.07) is 9.76. The highest BCUT2D eigenvalue weighted by Crippen LogP contribution is 2.41.